The van der Waals surface area contributed by atoms with Crippen LogP contribution < -0.4 is 0 Å². The molecule has 2 fully saturated rings. The van der Waals surface area contributed by atoms with Gasteiger partial charge in [-0.05, 0) is 51.4 Å². The van der Waals surface area contributed by atoms with E-state index < -0.39 is 0 Å². The molecule has 2 rings (SSSR count). The quantitative estimate of drug-likeness (QED) is 0.691. The molecule has 1 saturated carbocycles. The Hall–Kier alpha value is 0.440. The summed E-state index contributed by atoms with van der Waals surface area (Å²) < 4.78 is 5.79. The highest BCUT2D eigenvalue weighted by atomic mass is 79.9. The Kier molecular flexibility index (Phi) is 3.31. The molecule has 1 aliphatic heterocycles. The van der Waals surface area contributed by atoms with E-state index in [-0.39, 0.29) is 0 Å². The summed E-state index contributed by atoms with van der Waals surface area (Å²) in [5.41, 5.74) is 0. The molecule has 0 aromatic heterocycles. The highest BCUT2D eigenvalue weighted by Crippen LogP contribution is 2.39. The third kappa shape index (κ3) is 2.95. The molecular formula is C11H19BrO. The molecule has 3 atom stereocenters. The molecule has 0 aromatic rings. The molecule has 0 radical (unpaired) electrons. The maximum atomic E-state index is 5.79. The van der Waals surface area contributed by atoms with Gasteiger partial charge in [0.25, 0.3) is 0 Å². The predicted octanol–water partition coefficient (Wildman–Crippen LogP) is 3.51. The van der Waals surface area contributed by atoms with Gasteiger partial charge in [-0.1, -0.05) is 15.9 Å². The Morgan fingerprint density at radius 1 is 1.31 bits per heavy atom. The van der Waals surface area contributed by atoms with Crippen LogP contribution in [0.25, 0.3) is 0 Å². The highest BCUT2D eigenvalue weighted by Gasteiger charge is 2.30. The molecule has 76 valence electrons. The number of hydrogen-bond acceptors (Lipinski definition) is 1. The standard InChI is InChI=1S/C11H19BrO/c1-8-2-5-10(13-8)6-7-11(12)9-3-4-9/h8-11H,2-7H2,1H3. The number of ether oxygens (including phenoxy) is 1. The monoisotopic (exact) mass is 246 g/mol. The molecule has 0 aromatic carbocycles. The van der Waals surface area contributed by atoms with E-state index in [1.165, 1.54) is 38.5 Å². The van der Waals surface area contributed by atoms with Gasteiger partial charge in [-0.25, -0.2) is 0 Å². The summed E-state index contributed by atoms with van der Waals surface area (Å²) in [5, 5.41) is 0. The second-order valence-corrected chi connectivity index (χ2v) is 5.75. The summed E-state index contributed by atoms with van der Waals surface area (Å²) in [6, 6.07) is 0. The van der Waals surface area contributed by atoms with Crippen LogP contribution in [0.4, 0.5) is 0 Å². The second kappa shape index (κ2) is 4.31. The molecule has 3 unspecified atom stereocenters. The fourth-order valence-corrected chi connectivity index (χ4v) is 2.93. The number of halogens is 1. The molecule has 13 heavy (non-hydrogen) atoms. The van der Waals surface area contributed by atoms with E-state index in [9.17, 15) is 0 Å². The first-order valence-electron chi connectivity index (χ1n) is 5.55. The average Bonchev–Trinajstić information content (AvgIpc) is 2.87. The fraction of sp³-hybridized carbons (Fsp3) is 1.00. The van der Waals surface area contributed by atoms with Crippen LogP contribution in [0.5, 0.6) is 0 Å². The van der Waals surface area contributed by atoms with Gasteiger partial charge in [0, 0.05) is 4.83 Å². The highest BCUT2D eigenvalue weighted by molar-refractivity contribution is 9.09. The van der Waals surface area contributed by atoms with E-state index in [4.69, 9.17) is 4.74 Å². The van der Waals surface area contributed by atoms with E-state index in [0.29, 0.717) is 12.2 Å². The van der Waals surface area contributed by atoms with E-state index in [2.05, 4.69) is 22.9 Å². The van der Waals surface area contributed by atoms with E-state index in [0.717, 1.165) is 10.7 Å². The van der Waals surface area contributed by atoms with Crippen molar-refractivity contribution in [3.8, 4) is 0 Å². The summed E-state index contributed by atoms with van der Waals surface area (Å²) in [7, 11) is 0. The van der Waals surface area contributed by atoms with Crippen molar-refractivity contribution in [1.29, 1.82) is 0 Å². The molecule has 1 nitrogen and oxygen atoms in total. The van der Waals surface area contributed by atoms with Crippen molar-refractivity contribution < 1.29 is 4.74 Å². The van der Waals surface area contributed by atoms with Crippen LogP contribution in [0.2, 0.25) is 0 Å². The van der Waals surface area contributed by atoms with E-state index >= 15 is 0 Å². The Morgan fingerprint density at radius 2 is 2.08 bits per heavy atom. The summed E-state index contributed by atoms with van der Waals surface area (Å²) in [5.74, 6) is 0.985. The lowest BCUT2D eigenvalue weighted by Gasteiger charge is -2.13. The van der Waals surface area contributed by atoms with Crippen LogP contribution in [0, 0.1) is 5.92 Å². The minimum atomic E-state index is 0.514. The van der Waals surface area contributed by atoms with Crippen LogP contribution in [0.3, 0.4) is 0 Å². The van der Waals surface area contributed by atoms with Crippen LogP contribution in [-0.4, -0.2) is 17.0 Å². The third-order valence-electron chi connectivity index (χ3n) is 3.22. The molecule has 1 heterocycles. The van der Waals surface area contributed by atoms with E-state index in [1.807, 2.05) is 0 Å². The molecule has 1 saturated heterocycles. The zero-order valence-corrected chi connectivity index (χ0v) is 9.92. The first-order valence-corrected chi connectivity index (χ1v) is 6.47. The Balaban J connectivity index is 1.61. The fourth-order valence-electron chi connectivity index (χ4n) is 2.14. The largest absolute Gasteiger partial charge is 0.375 e. The third-order valence-corrected chi connectivity index (χ3v) is 4.42. The van der Waals surface area contributed by atoms with Gasteiger partial charge in [0.1, 0.15) is 0 Å². The molecule has 0 bridgehead atoms. The number of rotatable bonds is 4. The van der Waals surface area contributed by atoms with Gasteiger partial charge in [-0.3, -0.25) is 0 Å². The normalized spacial score (nSPS) is 36.5. The maximum Gasteiger partial charge on any atom is 0.0580 e. The van der Waals surface area contributed by atoms with Crippen molar-refractivity contribution in [1.82, 2.24) is 0 Å². The average molecular weight is 247 g/mol. The molecule has 0 amide bonds. The predicted molar refractivity (Wildman–Crippen MR) is 58.2 cm³/mol. The van der Waals surface area contributed by atoms with Gasteiger partial charge in [0.2, 0.25) is 0 Å². The molecule has 2 aliphatic rings. The van der Waals surface area contributed by atoms with Crippen molar-refractivity contribution in [2.45, 2.75) is 62.5 Å². The zero-order chi connectivity index (χ0) is 9.26. The molecule has 0 N–H and O–H groups in total. The van der Waals surface area contributed by atoms with Crippen molar-refractivity contribution >= 4 is 15.9 Å². The maximum absolute atomic E-state index is 5.79. The summed E-state index contributed by atoms with van der Waals surface area (Å²) in [6.45, 7) is 2.19. The SMILES string of the molecule is CC1CCC(CCC(Br)C2CC2)O1. The second-order valence-electron chi connectivity index (χ2n) is 4.58. The van der Waals surface area contributed by atoms with Crippen LogP contribution in [0.15, 0.2) is 0 Å². The van der Waals surface area contributed by atoms with Crippen molar-refractivity contribution in [3.05, 3.63) is 0 Å². The van der Waals surface area contributed by atoms with Gasteiger partial charge in [0.15, 0.2) is 0 Å². The minimum absolute atomic E-state index is 0.514. The van der Waals surface area contributed by atoms with Crippen molar-refractivity contribution in [2.75, 3.05) is 0 Å². The lowest BCUT2D eigenvalue weighted by atomic mass is 10.1. The molecular weight excluding hydrogens is 228 g/mol. The minimum Gasteiger partial charge on any atom is -0.375 e. The summed E-state index contributed by atoms with van der Waals surface area (Å²) in [4.78, 5) is 0.770. The van der Waals surface area contributed by atoms with Crippen LogP contribution >= 0.6 is 15.9 Å². The van der Waals surface area contributed by atoms with Crippen LogP contribution in [0.1, 0.15) is 45.4 Å². The van der Waals surface area contributed by atoms with Gasteiger partial charge in [-0.2, -0.15) is 0 Å². The van der Waals surface area contributed by atoms with Gasteiger partial charge in [-0.15, -0.1) is 0 Å². The lowest BCUT2D eigenvalue weighted by Crippen LogP contribution is -2.11. The lowest BCUT2D eigenvalue weighted by molar-refractivity contribution is 0.0497. The van der Waals surface area contributed by atoms with Gasteiger partial charge < -0.3 is 4.74 Å². The molecule has 0 spiro atoms. The zero-order valence-electron chi connectivity index (χ0n) is 8.34. The molecule has 1 aliphatic carbocycles. The Labute approximate surface area is 89.4 Å². The Bertz CT molecular complexity index is 167. The first kappa shape index (κ1) is 9.97. The molecule has 2 heteroatoms. The van der Waals surface area contributed by atoms with Crippen molar-refractivity contribution in [3.63, 3.8) is 0 Å². The first-order chi connectivity index (χ1) is 6.25. The van der Waals surface area contributed by atoms with Crippen molar-refractivity contribution in [2.24, 2.45) is 5.92 Å². The van der Waals surface area contributed by atoms with Crippen LogP contribution in [-0.2, 0) is 4.74 Å². The summed E-state index contributed by atoms with van der Waals surface area (Å²) >= 11 is 3.77. The van der Waals surface area contributed by atoms with Gasteiger partial charge >= 0.3 is 0 Å². The van der Waals surface area contributed by atoms with Gasteiger partial charge in [0.05, 0.1) is 12.2 Å². The Morgan fingerprint density at radius 3 is 2.62 bits per heavy atom. The number of hydrogen-bond donors (Lipinski definition) is 0. The number of alkyl halides is 1. The summed E-state index contributed by atoms with van der Waals surface area (Å²) in [6.07, 6.45) is 9.08. The van der Waals surface area contributed by atoms with E-state index in [1.54, 1.807) is 0 Å². The topological polar surface area (TPSA) is 9.23 Å². The smallest absolute Gasteiger partial charge is 0.0580 e.